The van der Waals surface area contributed by atoms with Gasteiger partial charge in [0.05, 0.1) is 20.1 Å². The van der Waals surface area contributed by atoms with Crippen molar-refractivity contribution in [2.75, 3.05) is 7.11 Å². The number of hydrogen-bond acceptors (Lipinski definition) is 4. The summed E-state index contributed by atoms with van der Waals surface area (Å²) in [5.41, 5.74) is 2.51. The van der Waals surface area contributed by atoms with E-state index in [4.69, 9.17) is 9.84 Å². The van der Waals surface area contributed by atoms with E-state index in [0.29, 0.717) is 0 Å². The molecule has 0 saturated carbocycles. The number of carbonyl (C=O) groups is 2. The number of aliphatic hydroxyl groups is 1. The average molecular weight is 336 g/mol. The summed E-state index contributed by atoms with van der Waals surface area (Å²) in [5.74, 6) is 0.243. The van der Waals surface area contributed by atoms with Crippen LogP contribution in [0.3, 0.4) is 0 Å². The van der Waals surface area contributed by atoms with Crippen molar-refractivity contribution >= 4 is 23.7 Å². The van der Waals surface area contributed by atoms with Crippen LogP contribution in [-0.2, 0) is 16.2 Å². The third-order valence-electron chi connectivity index (χ3n) is 3.55. The Labute approximate surface area is 147 Å². The second-order valence-corrected chi connectivity index (χ2v) is 5.45. The van der Waals surface area contributed by atoms with Gasteiger partial charge >= 0.3 is 0 Å². The first kappa shape index (κ1) is 18.4. The zero-order chi connectivity index (χ0) is 18.1. The molecule has 0 heterocycles. The molecule has 0 saturated heterocycles. The van der Waals surface area contributed by atoms with Crippen LogP contribution in [0.4, 0.5) is 0 Å². The van der Waals surface area contributed by atoms with E-state index in [9.17, 15) is 9.59 Å². The van der Waals surface area contributed by atoms with Crippen molar-refractivity contribution in [1.82, 2.24) is 0 Å². The number of aliphatic hydroxyl groups excluding tert-OH is 1. The highest BCUT2D eigenvalue weighted by Crippen LogP contribution is 2.12. The third kappa shape index (κ3) is 6.20. The Hall–Kier alpha value is -2.98. The van der Waals surface area contributed by atoms with Gasteiger partial charge in [-0.3, -0.25) is 9.59 Å². The normalized spacial score (nSPS) is 11.1. The molecule has 1 N–H and O–H groups in total. The molecule has 4 nitrogen and oxygen atoms in total. The van der Waals surface area contributed by atoms with Gasteiger partial charge in [0.2, 0.25) is 0 Å². The highest BCUT2D eigenvalue weighted by atomic mass is 16.5. The number of hydrogen-bond donors (Lipinski definition) is 1. The second kappa shape index (κ2) is 9.35. The van der Waals surface area contributed by atoms with E-state index in [1.807, 2.05) is 12.1 Å². The summed E-state index contributed by atoms with van der Waals surface area (Å²) in [4.78, 5) is 23.7. The Morgan fingerprint density at radius 1 is 0.880 bits per heavy atom. The van der Waals surface area contributed by atoms with Crippen molar-refractivity contribution in [3.05, 3.63) is 77.4 Å². The Morgan fingerprint density at radius 3 is 1.80 bits per heavy atom. The van der Waals surface area contributed by atoms with Crippen molar-refractivity contribution in [3.63, 3.8) is 0 Å². The fourth-order valence-electron chi connectivity index (χ4n) is 2.12. The number of ketones is 2. The van der Waals surface area contributed by atoms with Crippen LogP contribution in [0.15, 0.2) is 60.7 Å². The summed E-state index contributed by atoms with van der Waals surface area (Å²) in [6, 6.07) is 14.5. The lowest BCUT2D eigenvalue weighted by Gasteiger charge is -1.99. The molecular formula is C21H20O4. The van der Waals surface area contributed by atoms with E-state index in [2.05, 4.69) is 0 Å². The predicted octanol–water partition coefficient (Wildman–Crippen LogP) is 3.44. The summed E-state index contributed by atoms with van der Waals surface area (Å²) in [5, 5.41) is 8.98. The zero-order valence-corrected chi connectivity index (χ0v) is 14.0. The molecule has 0 aliphatic rings. The minimum absolute atomic E-state index is 0.0159. The van der Waals surface area contributed by atoms with Crippen LogP contribution >= 0.6 is 0 Å². The lowest BCUT2D eigenvalue weighted by molar-refractivity contribution is -0.121. The fourth-order valence-corrected chi connectivity index (χ4v) is 2.12. The largest absolute Gasteiger partial charge is 0.497 e. The Bertz CT molecular complexity index is 701. The van der Waals surface area contributed by atoms with E-state index in [-0.39, 0.29) is 24.6 Å². The third-order valence-corrected chi connectivity index (χ3v) is 3.55. The average Bonchev–Trinajstić information content (AvgIpc) is 2.65. The summed E-state index contributed by atoms with van der Waals surface area (Å²) in [7, 11) is 1.59. The van der Waals surface area contributed by atoms with Crippen LogP contribution in [-0.4, -0.2) is 23.8 Å². The molecular weight excluding hydrogens is 316 g/mol. The minimum atomic E-state index is -0.254. The number of allylic oxidation sites excluding steroid dienone is 2. The van der Waals surface area contributed by atoms with Crippen molar-refractivity contribution < 1.29 is 19.4 Å². The number of rotatable bonds is 8. The van der Waals surface area contributed by atoms with Gasteiger partial charge in [0.25, 0.3) is 0 Å². The van der Waals surface area contributed by atoms with Crippen LogP contribution in [0.25, 0.3) is 12.2 Å². The topological polar surface area (TPSA) is 63.6 Å². The maximum Gasteiger partial charge on any atom is 0.163 e. The monoisotopic (exact) mass is 336 g/mol. The Morgan fingerprint density at radius 2 is 1.36 bits per heavy atom. The molecule has 4 heteroatoms. The summed E-state index contributed by atoms with van der Waals surface area (Å²) in [6.07, 6.45) is 5.96. The van der Waals surface area contributed by atoms with Crippen LogP contribution in [0.2, 0.25) is 0 Å². The van der Waals surface area contributed by atoms with Crippen LogP contribution in [0.5, 0.6) is 5.75 Å². The predicted molar refractivity (Wildman–Crippen MR) is 98.1 cm³/mol. The van der Waals surface area contributed by atoms with Crippen LogP contribution < -0.4 is 4.74 Å². The number of ether oxygens (including phenoxy) is 1. The minimum Gasteiger partial charge on any atom is -0.497 e. The fraction of sp³-hybridized carbons (Fsp3) is 0.143. The standard InChI is InChI=1S/C21H20O4/c1-25-21-12-8-17(9-13-21)7-11-20(24)14-19(23)10-6-16-2-4-18(15-22)5-3-16/h2-13,22H,14-15H2,1H3. The van der Waals surface area contributed by atoms with Gasteiger partial charge in [-0.2, -0.15) is 0 Å². The summed E-state index contributed by atoms with van der Waals surface area (Å²) < 4.78 is 5.07. The smallest absolute Gasteiger partial charge is 0.163 e. The molecule has 0 radical (unpaired) electrons. The Balaban J connectivity index is 1.86. The van der Waals surface area contributed by atoms with Gasteiger partial charge in [-0.1, -0.05) is 48.6 Å². The molecule has 0 amide bonds. The van der Waals surface area contributed by atoms with Gasteiger partial charge < -0.3 is 9.84 Å². The second-order valence-electron chi connectivity index (χ2n) is 5.45. The van der Waals surface area contributed by atoms with Gasteiger partial charge in [-0.25, -0.2) is 0 Å². The molecule has 0 atom stereocenters. The quantitative estimate of drug-likeness (QED) is 0.592. The van der Waals surface area contributed by atoms with Gasteiger partial charge in [0.1, 0.15) is 5.75 Å². The molecule has 2 rings (SSSR count). The molecule has 0 spiro atoms. The van der Waals surface area contributed by atoms with E-state index in [1.54, 1.807) is 55.7 Å². The summed E-state index contributed by atoms with van der Waals surface area (Å²) in [6.45, 7) is -0.0159. The van der Waals surface area contributed by atoms with Gasteiger partial charge in [-0.05, 0) is 41.0 Å². The van der Waals surface area contributed by atoms with E-state index in [1.165, 1.54) is 12.2 Å². The molecule has 0 fully saturated rings. The maximum absolute atomic E-state index is 11.9. The molecule has 0 unspecified atom stereocenters. The molecule has 25 heavy (non-hydrogen) atoms. The van der Waals surface area contributed by atoms with Crippen molar-refractivity contribution in [3.8, 4) is 5.75 Å². The maximum atomic E-state index is 11.9. The van der Waals surface area contributed by atoms with E-state index < -0.39 is 0 Å². The van der Waals surface area contributed by atoms with E-state index >= 15 is 0 Å². The lowest BCUT2D eigenvalue weighted by Crippen LogP contribution is -2.01. The molecule has 0 aromatic heterocycles. The number of methoxy groups -OCH3 is 1. The number of benzene rings is 2. The molecule has 0 bridgehead atoms. The Kier molecular flexibility index (Phi) is 6.87. The van der Waals surface area contributed by atoms with Gasteiger partial charge in [-0.15, -0.1) is 0 Å². The van der Waals surface area contributed by atoms with Crippen LogP contribution in [0.1, 0.15) is 23.1 Å². The van der Waals surface area contributed by atoms with Gasteiger partial charge in [0.15, 0.2) is 11.6 Å². The molecule has 0 aliphatic carbocycles. The molecule has 2 aromatic rings. The van der Waals surface area contributed by atoms with Crippen molar-refractivity contribution in [1.29, 1.82) is 0 Å². The SMILES string of the molecule is COc1ccc(C=CC(=O)CC(=O)C=Cc2ccc(CO)cc2)cc1. The highest BCUT2D eigenvalue weighted by Gasteiger charge is 2.03. The zero-order valence-electron chi connectivity index (χ0n) is 14.0. The highest BCUT2D eigenvalue weighted by molar-refractivity contribution is 6.10. The van der Waals surface area contributed by atoms with E-state index in [0.717, 1.165) is 22.4 Å². The number of carbonyl (C=O) groups excluding carboxylic acids is 2. The molecule has 2 aromatic carbocycles. The summed E-state index contributed by atoms with van der Waals surface area (Å²) >= 11 is 0. The van der Waals surface area contributed by atoms with Crippen LogP contribution in [0, 0.1) is 0 Å². The lowest BCUT2D eigenvalue weighted by atomic mass is 10.1. The molecule has 128 valence electrons. The van der Waals surface area contributed by atoms with Crippen molar-refractivity contribution in [2.45, 2.75) is 13.0 Å². The first-order chi connectivity index (χ1) is 12.1. The van der Waals surface area contributed by atoms with Crippen molar-refractivity contribution in [2.24, 2.45) is 0 Å². The van der Waals surface area contributed by atoms with Gasteiger partial charge in [0, 0.05) is 0 Å². The molecule has 0 aliphatic heterocycles. The first-order valence-electron chi connectivity index (χ1n) is 7.86. The first-order valence-corrected chi connectivity index (χ1v) is 7.86.